The molecule has 0 heterocycles. The zero-order valence-electron chi connectivity index (χ0n) is 9.62. The van der Waals surface area contributed by atoms with Crippen molar-refractivity contribution < 1.29 is 9.90 Å². The summed E-state index contributed by atoms with van der Waals surface area (Å²) in [6.07, 6.45) is 2.94. The highest BCUT2D eigenvalue weighted by Crippen LogP contribution is 2.32. The van der Waals surface area contributed by atoms with E-state index in [1.165, 1.54) is 0 Å². The van der Waals surface area contributed by atoms with E-state index in [1.807, 2.05) is 13.8 Å². The van der Waals surface area contributed by atoms with Crippen molar-refractivity contribution in [1.82, 2.24) is 5.32 Å². The second-order valence-electron chi connectivity index (χ2n) is 4.51. The van der Waals surface area contributed by atoms with Gasteiger partial charge in [0.05, 0.1) is 11.6 Å². The molecule has 88 valence electrons. The van der Waals surface area contributed by atoms with Crippen LogP contribution >= 0.6 is 0 Å². The Morgan fingerprint density at radius 1 is 1.47 bits per heavy atom. The van der Waals surface area contributed by atoms with Crippen LogP contribution in [0.4, 0.5) is 0 Å². The number of amides is 1. The molecule has 1 atom stereocenters. The fraction of sp³-hybridized carbons (Fsp3) is 0.909. The maximum Gasteiger partial charge on any atom is 0.240 e. The van der Waals surface area contributed by atoms with Crippen molar-refractivity contribution in [2.75, 3.05) is 6.54 Å². The Kier molecular flexibility index (Phi) is 4.11. The fourth-order valence-electron chi connectivity index (χ4n) is 1.73. The first-order chi connectivity index (χ1) is 7.03. The van der Waals surface area contributed by atoms with Gasteiger partial charge in [0.15, 0.2) is 0 Å². The van der Waals surface area contributed by atoms with E-state index in [0.29, 0.717) is 6.54 Å². The number of hydrogen-bond donors (Lipinski definition) is 3. The number of carbonyl (C=O) groups is 1. The SMILES string of the molecule is CCC(CC)C(O)CNC(=O)C1(N)CC1. The fourth-order valence-corrected chi connectivity index (χ4v) is 1.73. The molecule has 0 aromatic carbocycles. The van der Waals surface area contributed by atoms with E-state index < -0.39 is 11.6 Å². The van der Waals surface area contributed by atoms with E-state index in [1.54, 1.807) is 0 Å². The summed E-state index contributed by atoms with van der Waals surface area (Å²) in [5.41, 5.74) is 5.09. The van der Waals surface area contributed by atoms with E-state index in [-0.39, 0.29) is 11.8 Å². The smallest absolute Gasteiger partial charge is 0.240 e. The third-order valence-electron chi connectivity index (χ3n) is 3.31. The van der Waals surface area contributed by atoms with Gasteiger partial charge in [-0.1, -0.05) is 26.7 Å². The maximum absolute atomic E-state index is 11.5. The highest BCUT2D eigenvalue weighted by molar-refractivity contribution is 5.88. The van der Waals surface area contributed by atoms with Gasteiger partial charge >= 0.3 is 0 Å². The van der Waals surface area contributed by atoms with Crippen LogP contribution in [0.25, 0.3) is 0 Å². The van der Waals surface area contributed by atoms with Crippen LogP contribution < -0.4 is 11.1 Å². The largest absolute Gasteiger partial charge is 0.391 e. The molecule has 0 radical (unpaired) electrons. The van der Waals surface area contributed by atoms with Gasteiger partial charge in [0, 0.05) is 6.54 Å². The summed E-state index contributed by atoms with van der Waals surface area (Å²) in [4.78, 5) is 11.5. The number of hydrogen-bond acceptors (Lipinski definition) is 3. The minimum absolute atomic E-state index is 0.118. The molecule has 4 N–H and O–H groups in total. The maximum atomic E-state index is 11.5. The Hall–Kier alpha value is -0.610. The molecule has 0 bridgehead atoms. The van der Waals surface area contributed by atoms with E-state index in [9.17, 15) is 9.90 Å². The molecular weight excluding hydrogens is 192 g/mol. The van der Waals surface area contributed by atoms with Gasteiger partial charge in [-0.2, -0.15) is 0 Å². The molecule has 1 aliphatic carbocycles. The first-order valence-corrected chi connectivity index (χ1v) is 5.78. The molecule has 0 saturated heterocycles. The molecule has 0 aliphatic heterocycles. The normalized spacial score (nSPS) is 20.1. The van der Waals surface area contributed by atoms with Crippen LogP contribution in [0.2, 0.25) is 0 Å². The van der Waals surface area contributed by atoms with Crippen molar-refractivity contribution in [3.63, 3.8) is 0 Å². The molecule has 1 rings (SSSR count). The lowest BCUT2D eigenvalue weighted by molar-refractivity contribution is -0.123. The van der Waals surface area contributed by atoms with Gasteiger partial charge in [-0.25, -0.2) is 0 Å². The second-order valence-corrected chi connectivity index (χ2v) is 4.51. The lowest BCUT2D eigenvalue weighted by Crippen LogP contribution is -2.46. The summed E-state index contributed by atoms with van der Waals surface area (Å²) in [5, 5.41) is 12.5. The predicted molar refractivity (Wildman–Crippen MR) is 59.2 cm³/mol. The summed E-state index contributed by atoms with van der Waals surface area (Å²) in [6.45, 7) is 4.42. The Balaban J connectivity index is 2.27. The van der Waals surface area contributed by atoms with Crippen molar-refractivity contribution in [3.05, 3.63) is 0 Å². The van der Waals surface area contributed by atoms with Crippen LogP contribution in [0.1, 0.15) is 39.5 Å². The van der Waals surface area contributed by atoms with Crippen molar-refractivity contribution in [2.45, 2.75) is 51.2 Å². The van der Waals surface area contributed by atoms with Crippen LogP contribution in [0.3, 0.4) is 0 Å². The van der Waals surface area contributed by atoms with E-state index >= 15 is 0 Å². The van der Waals surface area contributed by atoms with Crippen LogP contribution in [0, 0.1) is 5.92 Å². The number of nitrogens with two attached hydrogens (primary N) is 1. The van der Waals surface area contributed by atoms with Gasteiger partial charge in [0.1, 0.15) is 0 Å². The highest BCUT2D eigenvalue weighted by atomic mass is 16.3. The monoisotopic (exact) mass is 214 g/mol. The molecule has 1 fully saturated rings. The minimum atomic E-state index is -0.631. The third-order valence-corrected chi connectivity index (χ3v) is 3.31. The number of aliphatic hydroxyl groups excluding tert-OH is 1. The summed E-state index contributed by atoms with van der Waals surface area (Å²) in [5.74, 6) is 0.144. The first kappa shape index (κ1) is 12.5. The van der Waals surface area contributed by atoms with Crippen LogP contribution in [-0.4, -0.2) is 29.2 Å². The van der Waals surface area contributed by atoms with Gasteiger partial charge in [0.2, 0.25) is 5.91 Å². The zero-order valence-corrected chi connectivity index (χ0v) is 9.62. The van der Waals surface area contributed by atoms with Crippen LogP contribution in [-0.2, 0) is 4.79 Å². The molecule has 15 heavy (non-hydrogen) atoms. The molecule has 4 heteroatoms. The first-order valence-electron chi connectivity index (χ1n) is 5.78. The third kappa shape index (κ3) is 3.18. The molecule has 0 spiro atoms. The molecule has 1 aliphatic rings. The van der Waals surface area contributed by atoms with Crippen molar-refractivity contribution in [2.24, 2.45) is 11.7 Å². The van der Waals surface area contributed by atoms with Gasteiger partial charge in [-0.05, 0) is 18.8 Å². The van der Waals surface area contributed by atoms with Gasteiger partial charge in [-0.3, -0.25) is 4.79 Å². The predicted octanol–water partition coefficient (Wildman–Crippen LogP) is 0.391. The Morgan fingerprint density at radius 3 is 2.40 bits per heavy atom. The van der Waals surface area contributed by atoms with E-state index in [4.69, 9.17) is 5.73 Å². The van der Waals surface area contributed by atoms with Gasteiger partial charge in [0.25, 0.3) is 0 Å². The molecule has 0 aromatic heterocycles. The standard InChI is InChI=1S/C11H22N2O2/c1-3-8(4-2)9(14)7-13-10(15)11(12)5-6-11/h8-9,14H,3-7,12H2,1-2H3,(H,13,15). The Morgan fingerprint density at radius 2 is 2.00 bits per heavy atom. The topological polar surface area (TPSA) is 75.3 Å². The van der Waals surface area contributed by atoms with E-state index in [2.05, 4.69) is 5.32 Å². The number of rotatable bonds is 6. The Labute approximate surface area is 91.2 Å². The zero-order chi connectivity index (χ0) is 11.5. The summed E-state index contributed by atoms with van der Waals surface area (Å²) in [7, 11) is 0. The average molecular weight is 214 g/mol. The molecule has 4 nitrogen and oxygen atoms in total. The summed E-state index contributed by atoms with van der Waals surface area (Å²) < 4.78 is 0. The molecular formula is C11H22N2O2. The number of carbonyl (C=O) groups excluding carboxylic acids is 1. The molecule has 0 aromatic rings. The van der Waals surface area contributed by atoms with Gasteiger partial charge in [-0.15, -0.1) is 0 Å². The quantitative estimate of drug-likeness (QED) is 0.599. The van der Waals surface area contributed by atoms with Crippen LogP contribution in [0.15, 0.2) is 0 Å². The lowest BCUT2D eigenvalue weighted by atomic mass is 9.96. The molecule has 1 unspecified atom stereocenters. The van der Waals surface area contributed by atoms with Crippen LogP contribution in [0.5, 0.6) is 0 Å². The summed E-state index contributed by atoms with van der Waals surface area (Å²) in [6, 6.07) is 0. The average Bonchev–Trinajstić information content (AvgIpc) is 2.96. The Bertz CT molecular complexity index is 223. The number of nitrogens with one attached hydrogen (secondary N) is 1. The molecule has 1 amide bonds. The lowest BCUT2D eigenvalue weighted by Gasteiger charge is -2.21. The summed E-state index contributed by atoms with van der Waals surface area (Å²) >= 11 is 0. The second kappa shape index (κ2) is 4.94. The highest BCUT2D eigenvalue weighted by Gasteiger charge is 2.45. The molecule has 1 saturated carbocycles. The number of aliphatic hydroxyl groups is 1. The van der Waals surface area contributed by atoms with Crippen molar-refractivity contribution in [1.29, 1.82) is 0 Å². The van der Waals surface area contributed by atoms with Gasteiger partial charge < -0.3 is 16.2 Å². The van der Waals surface area contributed by atoms with E-state index in [0.717, 1.165) is 25.7 Å². The van der Waals surface area contributed by atoms with Crippen molar-refractivity contribution in [3.8, 4) is 0 Å². The van der Waals surface area contributed by atoms with Crippen molar-refractivity contribution >= 4 is 5.91 Å². The minimum Gasteiger partial charge on any atom is -0.391 e.